The summed E-state index contributed by atoms with van der Waals surface area (Å²) in [4.78, 5) is 0. The SMILES string of the molecule is FC(F)(F)Oc1cccc(P)c1. The quantitative estimate of drug-likeness (QED) is 0.622. The first-order valence-corrected chi connectivity index (χ1v) is 3.66. The molecule has 0 amide bonds. The van der Waals surface area contributed by atoms with E-state index >= 15 is 0 Å². The Labute approximate surface area is 69.7 Å². The fourth-order valence-corrected chi connectivity index (χ4v) is 0.987. The van der Waals surface area contributed by atoms with Gasteiger partial charge in [0.25, 0.3) is 0 Å². The van der Waals surface area contributed by atoms with Crippen molar-refractivity contribution in [3.63, 3.8) is 0 Å². The fourth-order valence-electron chi connectivity index (χ4n) is 0.712. The van der Waals surface area contributed by atoms with Gasteiger partial charge < -0.3 is 4.74 Å². The number of hydrogen-bond donors (Lipinski definition) is 0. The molecule has 0 radical (unpaired) electrons. The van der Waals surface area contributed by atoms with Crippen LogP contribution in [0.5, 0.6) is 5.75 Å². The maximum atomic E-state index is 11.6. The molecule has 1 rings (SSSR count). The Balaban J connectivity index is 2.77. The Morgan fingerprint density at radius 3 is 2.42 bits per heavy atom. The zero-order chi connectivity index (χ0) is 9.19. The third-order valence-electron chi connectivity index (χ3n) is 1.09. The minimum atomic E-state index is -4.61. The summed E-state index contributed by atoms with van der Waals surface area (Å²) in [5, 5.41) is 0.650. The number of hydrogen-bond acceptors (Lipinski definition) is 1. The van der Waals surface area contributed by atoms with E-state index in [2.05, 4.69) is 14.0 Å². The number of ether oxygens (including phenoxy) is 1. The van der Waals surface area contributed by atoms with Gasteiger partial charge in [-0.25, -0.2) is 0 Å². The van der Waals surface area contributed by atoms with Crippen molar-refractivity contribution in [2.45, 2.75) is 6.36 Å². The molecule has 0 aliphatic heterocycles. The molecule has 0 aliphatic rings. The van der Waals surface area contributed by atoms with E-state index in [0.29, 0.717) is 5.30 Å². The first-order chi connectivity index (χ1) is 5.47. The van der Waals surface area contributed by atoms with E-state index in [-0.39, 0.29) is 5.75 Å². The molecule has 12 heavy (non-hydrogen) atoms. The Morgan fingerprint density at radius 1 is 1.25 bits per heavy atom. The van der Waals surface area contributed by atoms with Crippen molar-refractivity contribution in [1.29, 1.82) is 0 Å². The number of rotatable bonds is 1. The lowest BCUT2D eigenvalue weighted by atomic mass is 10.3. The van der Waals surface area contributed by atoms with Crippen LogP contribution in [-0.2, 0) is 0 Å². The maximum Gasteiger partial charge on any atom is 0.573 e. The first kappa shape index (κ1) is 9.33. The summed E-state index contributed by atoms with van der Waals surface area (Å²) in [6.07, 6.45) is -4.61. The smallest absolute Gasteiger partial charge is 0.406 e. The fraction of sp³-hybridized carbons (Fsp3) is 0.143. The van der Waals surface area contributed by atoms with Gasteiger partial charge in [0, 0.05) is 0 Å². The van der Waals surface area contributed by atoms with Gasteiger partial charge in [-0.15, -0.1) is 22.4 Å². The minimum absolute atomic E-state index is 0.199. The van der Waals surface area contributed by atoms with Gasteiger partial charge >= 0.3 is 6.36 Å². The van der Waals surface area contributed by atoms with Gasteiger partial charge in [-0.05, 0) is 17.4 Å². The molecule has 0 N–H and O–H groups in total. The second-order valence-electron chi connectivity index (χ2n) is 2.12. The summed E-state index contributed by atoms with van der Waals surface area (Å²) in [6.45, 7) is 0. The summed E-state index contributed by atoms with van der Waals surface area (Å²) in [7, 11) is 2.29. The summed E-state index contributed by atoms with van der Waals surface area (Å²) in [5.74, 6) is -0.199. The molecule has 1 atom stereocenters. The predicted molar refractivity (Wildman–Crippen MR) is 42.5 cm³/mol. The topological polar surface area (TPSA) is 9.23 Å². The summed E-state index contributed by atoms with van der Waals surface area (Å²) in [6, 6.07) is 5.69. The van der Waals surface area contributed by atoms with Gasteiger partial charge in [-0.1, -0.05) is 12.1 Å². The van der Waals surface area contributed by atoms with E-state index in [1.54, 1.807) is 6.07 Å². The van der Waals surface area contributed by atoms with Crippen molar-refractivity contribution in [3.8, 4) is 5.75 Å². The second-order valence-corrected chi connectivity index (χ2v) is 2.79. The highest BCUT2D eigenvalue weighted by Gasteiger charge is 2.30. The van der Waals surface area contributed by atoms with Crippen LogP contribution in [0.4, 0.5) is 13.2 Å². The highest BCUT2D eigenvalue weighted by Crippen LogP contribution is 2.21. The van der Waals surface area contributed by atoms with Crippen LogP contribution in [0, 0.1) is 0 Å². The van der Waals surface area contributed by atoms with Gasteiger partial charge in [0.2, 0.25) is 0 Å². The zero-order valence-corrected chi connectivity index (χ0v) is 7.08. The van der Waals surface area contributed by atoms with Crippen molar-refractivity contribution in [1.82, 2.24) is 0 Å². The largest absolute Gasteiger partial charge is 0.573 e. The molecule has 0 heterocycles. The molecule has 0 fully saturated rings. The highest BCUT2D eigenvalue weighted by atomic mass is 31.0. The monoisotopic (exact) mass is 194 g/mol. The molecule has 1 aromatic rings. The standard InChI is InChI=1S/C7H6F3OP/c8-7(9,10)11-5-2-1-3-6(12)4-5/h1-4H,12H2. The molecule has 66 valence electrons. The van der Waals surface area contributed by atoms with Crippen LogP contribution in [-0.4, -0.2) is 6.36 Å². The third-order valence-corrected chi connectivity index (χ3v) is 1.45. The summed E-state index contributed by atoms with van der Waals surface area (Å²) < 4.78 is 38.6. The van der Waals surface area contributed by atoms with Crippen LogP contribution in [0.15, 0.2) is 24.3 Å². The van der Waals surface area contributed by atoms with E-state index < -0.39 is 6.36 Å². The van der Waals surface area contributed by atoms with E-state index in [4.69, 9.17) is 0 Å². The number of benzene rings is 1. The molecule has 1 nitrogen and oxygen atoms in total. The van der Waals surface area contributed by atoms with Gasteiger partial charge in [0.15, 0.2) is 0 Å². The van der Waals surface area contributed by atoms with Crippen LogP contribution in [0.3, 0.4) is 0 Å². The number of alkyl halides is 3. The van der Waals surface area contributed by atoms with Crippen LogP contribution < -0.4 is 10.0 Å². The van der Waals surface area contributed by atoms with E-state index in [1.807, 2.05) is 0 Å². The molecule has 1 unspecified atom stereocenters. The molecular formula is C7H6F3OP. The first-order valence-electron chi connectivity index (χ1n) is 3.09. The van der Waals surface area contributed by atoms with Gasteiger partial charge in [0.1, 0.15) is 5.75 Å². The average Bonchev–Trinajstić information content (AvgIpc) is 1.82. The lowest BCUT2D eigenvalue weighted by molar-refractivity contribution is -0.274. The van der Waals surface area contributed by atoms with Gasteiger partial charge in [-0.2, -0.15) is 0 Å². The highest BCUT2D eigenvalue weighted by molar-refractivity contribution is 7.27. The molecule has 1 aromatic carbocycles. The van der Waals surface area contributed by atoms with Crippen molar-refractivity contribution < 1.29 is 17.9 Å². The lowest BCUT2D eigenvalue weighted by Gasteiger charge is -2.08. The molecule has 0 spiro atoms. The predicted octanol–water partition coefficient (Wildman–Crippen LogP) is 2.09. The lowest BCUT2D eigenvalue weighted by Crippen LogP contribution is -2.17. The second kappa shape index (κ2) is 3.31. The van der Waals surface area contributed by atoms with E-state index in [1.165, 1.54) is 18.2 Å². The molecule has 0 saturated carbocycles. The molecule has 0 saturated heterocycles. The molecule has 0 bridgehead atoms. The van der Waals surface area contributed by atoms with Crippen molar-refractivity contribution in [2.75, 3.05) is 0 Å². The van der Waals surface area contributed by atoms with Gasteiger partial charge in [-0.3, -0.25) is 0 Å². The number of halogens is 3. The van der Waals surface area contributed by atoms with Crippen LogP contribution >= 0.6 is 9.24 Å². The summed E-state index contributed by atoms with van der Waals surface area (Å²) in [5.41, 5.74) is 0. The zero-order valence-electron chi connectivity index (χ0n) is 5.93. The van der Waals surface area contributed by atoms with E-state index in [0.717, 1.165) is 0 Å². The van der Waals surface area contributed by atoms with Gasteiger partial charge in [0.05, 0.1) is 0 Å². The normalized spacial score (nSPS) is 11.3. The Morgan fingerprint density at radius 2 is 1.92 bits per heavy atom. The molecule has 0 aliphatic carbocycles. The molecular weight excluding hydrogens is 188 g/mol. The maximum absolute atomic E-state index is 11.6. The van der Waals surface area contributed by atoms with Crippen LogP contribution in [0.25, 0.3) is 0 Å². The summed E-state index contributed by atoms with van der Waals surface area (Å²) >= 11 is 0. The molecule has 0 aromatic heterocycles. The Kier molecular flexibility index (Phi) is 2.58. The van der Waals surface area contributed by atoms with Crippen LogP contribution in [0.2, 0.25) is 0 Å². The minimum Gasteiger partial charge on any atom is -0.406 e. The van der Waals surface area contributed by atoms with Crippen molar-refractivity contribution in [2.24, 2.45) is 0 Å². The van der Waals surface area contributed by atoms with E-state index in [9.17, 15) is 13.2 Å². The average molecular weight is 194 g/mol. The van der Waals surface area contributed by atoms with Crippen molar-refractivity contribution in [3.05, 3.63) is 24.3 Å². The Bertz CT molecular complexity index is 272. The Hall–Kier alpha value is -0.760. The van der Waals surface area contributed by atoms with Crippen molar-refractivity contribution >= 4 is 14.5 Å². The molecule has 5 heteroatoms. The third kappa shape index (κ3) is 3.09. The van der Waals surface area contributed by atoms with Crippen LogP contribution in [0.1, 0.15) is 0 Å².